The first-order chi connectivity index (χ1) is 11.6. The highest BCUT2D eigenvalue weighted by Crippen LogP contribution is 2.32. The molecule has 2 aromatic rings. The quantitative estimate of drug-likeness (QED) is 0.883. The fraction of sp³-hybridized carbons (Fsp3) is 0.312. The summed E-state index contributed by atoms with van der Waals surface area (Å²) in [6.07, 6.45) is 1.88. The van der Waals surface area contributed by atoms with Crippen molar-refractivity contribution in [1.29, 1.82) is 0 Å². The Morgan fingerprint density at radius 3 is 3.04 bits per heavy atom. The minimum absolute atomic E-state index is 0.0920. The van der Waals surface area contributed by atoms with Crippen LogP contribution >= 0.6 is 22.9 Å². The number of nitrogens with one attached hydrogen (secondary N) is 1. The van der Waals surface area contributed by atoms with Gasteiger partial charge in [0.15, 0.2) is 0 Å². The Hall–Kier alpha value is -2.12. The van der Waals surface area contributed by atoms with Crippen LogP contribution in [0, 0.1) is 5.92 Å². The van der Waals surface area contributed by atoms with Gasteiger partial charge in [0.2, 0.25) is 11.8 Å². The third-order valence-electron chi connectivity index (χ3n) is 3.84. The van der Waals surface area contributed by atoms with Crippen LogP contribution in [0.15, 0.2) is 29.8 Å². The van der Waals surface area contributed by atoms with Crippen molar-refractivity contribution >= 4 is 40.4 Å². The van der Waals surface area contributed by atoms with Gasteiger partial charge in [-0.25, -0.2) is 4.98 Å². The zero-order valence-corrected chi connectivity index (χ0v) is 14.6. The van der Waals surface area contributed by atoms with Gasteiger partial charge in [0.1, 0.15) is 10.8 Å². The van der Waals surface area contributed by atoms with Crippen molar-refractivity contribution in [3.05, 3.63) is 39.8 Å². The lowest BCUT2D eigenvalue weighted by atomic mass is 10.1. The first-order valence-corrected chi connectivity index (χ1v) is 8.64. The lowest BCUT2D eigenvalue weighted by Crippen LogP contribution is -2.32. The van der Waals surface area contributed by atoms with Gasteiger partial charge in [0.05, 0.1) is 24.6 Å². The van der Waals surface area contributed by atoms with Gasteiger partial charge in [-0.3, -0.25) is 9.59 Å². The summed E-state index contributed by atoms with van der Waals surface area (Å²) in [6.45, 7) is 0.723. The van der Waals surface area contributed by atoms with E-state index in [0.717, 1.165) is 5.01 Å². The maximum absolute atomic E-state index is 12.3. The molecule has 3 rings (SSSR count). The summed E-state index contributed by atoms with van der Waals surface area (Å²) in [7, 11) is 1.53. The number of halogens is 1. The van der Waals surface area contributed by atoms with E-state index in [1.54, 1.807) is 29.3 Å². The van der Waals surface area contributed by atoms with E-state index < -0.39 is 0 Å². The van der Waals surface area contributed by atoms with E-state index in [1.807, 2.05) is 5.38 Å². The summed E-state index contributed by atoms with van der Waals surface area (Å²) in [5, 5.41) is 5.96. The molecule has 1 aliphatic rings. The minimum Gasteiger partial charge on any atom is -0.495 e. The molecule has 2 heterocycles. The average Bonchev–Trinajstić information content (AvgIpc) is 3.22. The molecule has 0 bridgehead atoms. The van der Waals surface area contributed by atoms with E-state index in [0.29, 0.717) is 29.5 Å². The van der Waals surface area contributed by atoms with Crippen LogP contribution < -0.4 is 15.0 Å². The number of hydrogen-bond acceptors (Lipinski definition) is 5. The van der Waals surface area contributed by atoms with Crippen LogP contribution in [0.5, 0.6) is 5.75 Å². The molecule has 8 heteroatoms. The average molecular weight is 366 g/mol. The van der Waals surface area contributed by atoms with Gasteiger partial charge in [-0.05, 0) is 18.2 Å². The zero-order chi connectivity index (χ0) is 17.1. The number of amides is 2. The smallest absolute Gasteiger partial charge is 0.227 e. The molecule has 1 N–H and O–H groups in total. The normalized spacial score (nSPS) is 17.2. The first-order valence-electron chi connectivity index (χ1n) is 7.38. The predicted molar refractivity (Wildman–Crippen MR) is 92.4 cm³/mol. The fourth-order valence-electron chi connectivity index (χ4n) is 2.60. The summed E-state index contributed by atoms with van der Waals surface area (Å²) in [4.78, 5) is 30.2. The third kappa shape index (κ3) is 3.52. The molecule has 6 nitrogen and oxygen atoms in total. The molecule has 1 fully saturated rings. The molecule has 0 aliphatic carbocycles. The van der Waals surface area contributed by atoms with Crippen LogP contribution in [0.2, 0.25) is 5.02 Å². The van der Waals surface area contributed by atoms with Crippen molar-refractivity contribution in [2.45, 2.75) is 13.0 Å². The van der Waals surface area contributed by atoms with E-state index >= 15 is 0 Å². The highest BCUT2D eigenvalue weighted by molar-refractivity contribution is 7.09. The maximum Gasteiger partial charge on any atom is 0.227 e. The van der Waals surface area contributed by atoms with Crippen LogP contribution in [0.25, 0.3) is 0 Å². The van der Waals surface area contributed by atoms with Gasteiger partial charge < -0.3 is 15.0 Å². The largest absolute Gasteiger partial charge is 0.495 e. The van der Waals surface area contributed by atoms with Crippen LogP contribution in [-0.4, -0.2) is 30.5 Å². The molecular weight excluding hydrogens is 350 g/mol. The van der Waals surface area contributed by atoms with Gasteiger partial charge in [0, 0.05) is 30.2 Å². The van der Waals surface area contributed by atoms with E-state index in [4.69, 9.17) is 16.3 Å². The molecule has 1 unspecified atom stereocenters. The number of rotatable bonds is 5. The predicted octanol–water partition coefficient (Wildman–Crippen LogP) is 2.47. The fourth-order valence-corrected chi connectivity index (χ4v) is 3.41. The van der Waals surface area contributed by atoms with Gasteiger partial charge in [0.25, 0.3) is 0 Å². The number of anilines is 1. The zero-order valence-electron chi connectivity index (χ0n) is 13.0. The summed E-state index contributed by atoms with van der Waals surface area (Å²) in [6, 6.07) is 5.15. The number of aromatic nitrogens is 1. The van der Waals surface area contributed by atoms with Crippen molar-refractivity contribution in [2.75, 3.05) is 18.6 Å². The molecule has 0 radical (unpaired) electrons. The molecule has 126 valence electrons. The van der Waals surface area contributed by atoms with Crippen LogP contribution in [0.4, 0.5) is 5.69 Å². The molecule has 1 aliphatic heterocycles. The number of methoxy groups -OCH3 is 1. The number of carbonyl (C=O) groups is 2. The standard InChI is InChI=1S/C16H16ClN3O3S/c1-23-13-3-2-11(7-12(13)17)20-9-10(6-15(20)21)16(22)19-8-14-18-4-5-24-14/h2-5,7,10H,6,8-9H2,1H3,(H,19,22). The molecule has 1 saturated heterocycles. The Bertz CT molecular complexity index is 751. The molecule has 24 heavy (non-hydrogen) atoms. The first kappa shape index (κ1) is 16.7. The Labute approximate surface area is 148 Å². The van der Waals surface area contributed by atoms with E-state index in [9.17, 15) is 9.59 Å². The molecule has 0 saturated carbocycles. The number of hydrogen-bond donors (Lipinski definition) is 1. The molecule has 1 aromatic carbocycles. The van der Waals surface area contributed by atoms with Crippen LogP contribution in [-0.2, 0) is 16.1 Å². The number of carbonyl (C=O) groups excluding carboxylic acids is 2. The van der Waals surface area contributed by atoms with Crippen molar-refractivity contribution in [1.82, 2.24) is 10.3 Å². The Morgan fingerprint density at radius 1 is 1.54 bits per heavy atom. The van der Waals surface area contributed by atoms with Crippen molar-refractivity contribution < 1.29 is 14.3 Å². The molecule has 1 atom stereocenters. The molecule has 2 amide bonds. The number of nitrogens with zero attached hydrogens (tertiary/aromatic N) is 2. The topological polar surface area (TPSA) is 71.5 Å². The number of ether oxygens (including phenoxy) is 1. The number of benzene rings is 1. The summed E-state index contributed by atoms with van der Waals surface area (Å²) >= 11 is 7.59. The Kier molecular flexibility index (Phi) is 5.01. The lowest BCUT2D eigenvalue weighted by Gasteiger charge is -2.17. The minimum atomic E-state index is -0.377. The van der Waals surface area contributed by atoms with Crippen LogP contribution in [0.3, 0.4) is 0 Å². The molecule has 0 spiro atoms. The van der Waals surface area contributed by atoms with Gasteiger partial charge in [-0.15, -0.1) is 11.3 Å². The van der Waals surface area contributed by atoms with Crippen LogP contribution in [0.1, 0.15) is 11.4 Å². The maximum atomic E-state index is 12.3. The van der Waals surface area contributed by atoms with Crippen molar-refractivity contribution in [3.63, 3.8) is 0 Å². The van der Waals surface area contributed by atoms with E-state index in [1.165, 1.54) is 18.4 Å². The monoisotopic (exact) mass is 365 g/mol. The second-order valence-electron chi connectivity index (χ2n) is 5.37. The third-order valence-corrected chi connectivity index (χ3v) is 4.92. The van der Waals surface area contributed by atoms with Gasteiger partial charge in [-0.2, -0.15) is 0 Å². The summed E-state index contributed by atoms with van der Waals surface area (Å²) in [5.74, 6) is -0.0607. The molecular formula is C16H16ClN3O3S. The second-order valence-corrected chi connectivity index (χ2v) is 6.75. The highest BCUT2D eigenvalue weighted by Gasteiger charge is 2.35. The van der Waals surface area contributed by atoms with Crippen molar-refractivity contribution in [2.24, 2.45) is 5.92 Å². The van der Waals surface area contributed by atoms with E-state index in [-0.39, 0.29) is 24.2 Å². The summed E-state index contributed by atoms with van der Waals surface area (Å²) < 4.78 is 5.11. The summed E-state index contributed by atoms with van der Waals surface area (Å²) in [5.41, 5.74) is 0.668. The molecule has 1 aromatic heterocycles. The van der Waals surface area contributed by atoms with E-state index in [2.05, 4.69) is 10.3 Å². The van der Waals surface area contributed by atoms with Crippen molar-refractivity contribution in [3.8, 4) is 5.75 Å². The number of thiazole rings is 1. The Morgan fingerprint density at radius 2 is 2.38 bits per heavy atom. The highest BCUT2D eigenvalue weighted by atomic mass is 35.5. The van der Waals surface area contributed by atoms with Gasteiger partial charge >= 0.3 is 0 Å². The lowest BCUT2D eigenvalue weighted by molar-refractivity contribution is -0.126. The van der Waals surface area contributed by atoms with Gasteiger partial charge in [-0.1, -0.05) is 11.6 Å². The Balaban J connectivity index is 1.64. The SMILES string of the molecule is COc1ccc(N2CC(C(=O)NCc3nccs3)CC2=O)cc1Cl. The second kappa shape index (κ2) is 7.19.